The number of benzene rings is 2. The number of amides is 1. The fourth-order valence-corrected chi connectivity index (χ4v) is 4.90. The van der Waals surface area contributed by atoms with Gasteiger partial charge in [-0.1, -0.05) is 29.8 Å². The maximum Gasteiger partial charge on any atom is 0.416 e. The molecule has 1 amide bonds. The zero-order valence-electron chi connectivity index (χ0n) is 21.5. The minimum absolute atomic E-state index is 0.114. The van der Waals surface area contributed by atoms with Crippen LogP contribution in [0.25, 0.3) is 0 Å². The number of rotatable bonds is 9. The van der Waals surface area contributed by atoms with Crippen LogP contribution in [0.4, 0.5) is 23.2 Å². The van der Waals surface area contributed by atoms with Crippen molar-refractivity contribution in [3.63, 3.8) is 0 Å². The number of anilines is 1. The van der Waals surface area contributed by atoms with Crippen LogP contribution in [-0.2, 0) is 20.5 Å². The van der Waals surface area contributed by atoms with Gasteiger partial charge in [0.05, 0.1) is 23.9 Å². The van der Waals surface area contributed by atoms with E-state index in [0.29, 0.717) is 19.3 Å². The number of carbonyl (C=O) groups is 2. The maximum atomic E-state index is 14.7. The third kappa shape index (κ3) is 5.52. The minimum Gasteiger partial charge on any atom is -0.465 e. The first-order valence-corrected chi connectivity index (χ1v) is 11.9. The number of hydrogen-bond donors (Lipinski definition) is 1. The van der Waals surface area contributed by atoms with Crippen molar-refractivity contribution in [1.29, 1.82) is 0 Å². The molecule has 0 aliphatic heterocycles. The molecule has 2 aromatic rings. The minimum atomic E-state index is -4.76. The molecule has 1 N–H and O–H groups in total. The lowest BCUT2D eigenvalue weighted by Crippen LogP contribution is -2.56. The van der Waals surface area contributed by atoms with E-state index in [2.05, 4.69) is 5.16 Å². The van der Waals surface area contributed by atoms with Gasteiger partial charge in [0.15, 0.2) is 5.60 Å². The molecule has 38 heavy (non-hydrogen) atoms. The van der Waals surface area contributed by atoms with E-state index in [1.54, 1.807) is 6.92 Å². The lowest BCUT2D eigenvalue weighted by molar-refractivity contribution is -0.148. The standard InChI is InChI=1S/C27H30F4N2O5/c1-16(32-38-4)21-14-18(12-13-19(21)24(34)37-3)33(2)25(35)26(36,15-28)23(17-8-7-9-17)20-10-5-6-11-22(20)27(29,30)31/h5-6,10-14,17,23,36H,7-9,15H2,1-4H3. The van der Waals surface area contributed by atoms with Crippen LogP contribution in [0.3, 0.4) is 0 Å². The first kappa shape index (κ1) is 29.1. The second-order valence-electron chi connectivity index (χ2n) is 9.26. The topological polar surface area (TPSA) is 88.4 Å². The molecule has 3 rings (SSSR count). The van der Waals surface area contributed by atoms with Gasteiger partial charge in [0.1, 0.15) is 13.8 Å². The lowest BCUT2D eigenvalue weighted by atomic mass is 9.65. The Labute approximate surface area is 218 Å². The van der Waals surface area contributed by atoms with Crippen LogP contribution in [0.2, 0.25) is 0 Å². The molecular formula is C27H30F4N2O5. The summed E-state index contributed by atoms with van der Waals surface area (Å²) in [7, 11) is 3.77. The van der Waals surface area contributed by atoms with E-state index in [0.717, 1.165) is 11.0 Å². The van der Waals surface area contributed by atoms with E-state index in [1.807, 2.05) is 0 Å². The molecule has 2 atom stereocenters. The summed E-state index contributed by atoms with van der Waals surface area (Å²) in [5.74, 6) is -3.75. The van der Waals surface area contributed by atoms with Gasteiger partial charge in [-0.15, -0.1) is 0 Å². The summed E-state index contributed by atoms with van der Waals surface area (Å²) in [5.41, 5.74) is -3.35. The van der Waals surface area contributed by atoms with Crippen molar-refractivity contribution in [1.82, 2.24) is 0 Å². The van der Waals surface area contributed by atoms with Crippen LogP contribution in [0.15, 0.2) is 47.6 Å². The summed E-state index contributed by atoms with van der Waals surface area (Å²) in [5, 5.41) is 15.4. The predicted octanol–water partition coefficient (Wildman–Crippen LogP) is 5.11. The number of nitrogens with zero attached hydrogens (tertiary/aromatic N) is 2. The van der Waals surface area contributed by atoms with E-state index in [9.17, 15) is 32.3 Å². The van der Waals surface area contributed by atoms with Gasteiger partial charge in [0.25, 0.3) is 5.91 Å². The lowest BCUT2D eigenvalue weighted by Gasteiger charge is -2.44. The molecule has 206 valence electrons. The van der Waals surface area contributed by atoms with Crippen LogP contribution in [0.5, 0.6) is 0 Å². The number of methoxy groups -OCH3 is 1. The molecule has 2 unspecified atom stereocenters. The number of aliphatic hydroxyl groups is 1. The van der Waals surface area contributed by atoms with Crippen molar-refractivity contribution in [2.45, 2.75) is 43.9 Å². The third-order valence-electron chi connectivity index (χ3n) is 7.03. The van der Waals surface area contributed by atoms with Crippen LogP contribution >= 0.6 is 0 Å². The summed E-state index contributed by atoms with van der Waals surface area (Å²) in [4.78, 5) is 31.7. The van der Waals surface area contributed by atoms with Gasteiger partial charge < -0.3 is 19.6 Å². The molecule has 0 spiro atoms. The van der Waals surface area contributed by atoms with Gasteiger partial charge in [0.2, 0.25) is 0 Å². The number of ether oxygens (including phenoxy) is 1. The van der Waals surface area contributed by atoms with E-state index < -0.39 is 47.7 Å². The monoisotopic (exact) mass is 538 g/mol. The molecule has 11 heteroatoms. The molecule has 7 nitrogen and oxygen atoms in total. The van der Waals surface area contributed by atoms with E-state index in [-0.39, 0.29) is 28.1 Å². The van der Waals surface area contributed by atoms with Gasteiger partial charge in [0, 0.05) is 24.2 Å². The average molecular weight is 539 g/mol. The molecular weight excluding hydrogens is 508 g/mol. The highest BCUT2D eigenvalue weighted by atomic mass is 19.4. The van der Waals surface area contributed by atoms with E-state index in [1.165, 1.54) is 57.7 Å². The largest absolute Gasteiger partial charge is 0.465 e. The summed E-state index contributed by atoms with van der Waals surface area (Å²) < 4.78 is 61.2. The van der Waals surface area contributed by atoms with E-state index in [4.69, 9.17) is 9.57 Å². The van der Waals surface area contributed by atoms with Crippen molar-refractivity contribution >= 4 is 23.3 Å². The molecule has 0 aromatic heterocycles. The van der Waals surface area contributed by atoms with Crippen LogP contribution in [0.1, 0.15) is 59.2 Å². The Balaban J connectivity index is 2.11. The third-order valence-corrected chi connectivity index (χ3v) is 7.03. The smallest absolute Gasteiger partial charge is 0.416 e. The summed E-state index contributed by atoms with van der Waals surface area (Å²) in [6.45, 7) is -0.0454. The van der Waals surface area contributed by atoms with Crippen LogP contribution < -0.4 is 4.90 Å². The van der Waals surface area contributed by atoms with Gasteiger partial charge in [-0.2, -0.15) is 13.2 Å². The van der Waals surface area contributed by atoms with Crippen molar-refractivity contribution in [3.8, 4) is 0 Å². The Morgan fingerprint density at radius 3 is 2.32 bits per heavy atom. The second-order valence-corrected chi connectivity index (χ2v) is 9.26. The first-order valence-electron chi connectivity index (χ1n) is 11.9. The molecule has 0 heterocycles. The fraction of sp³-hybridized carbons (Fsp3) is 0.444. The SMILES string of the molecule is CON=C(C)c1cc(N(C)C(=O)C(O)(CF)C(c2ccccc2C(F)(F)F)C2CCC2)ccc1C(=O)OC. The highest BCUT2D eigenvalue weighted by Gasteiger charge is 2.53. The number of hydrogen-bond acceptors (Lipinski definition) is 6. The van der Waals surface area contributed by atoms with Crippen molar-refractivity contribution in [2.24, 2.45) is 11.1 Å². The first-order chi connectivity index (χ1) is 17.9. The normalized spacial score (nSPS) is 16.7. The number of esters is 1. The summed E-state index contributed by atoms with van der Waals surface area (Å²) in [6.07, 6.45) is -3.18. The molecule has 1 aliphatic carbocycles. The molecule has 0 radical (unpaired) electrons. The van der Waals surface area contributed by atoms with Crippen LogP contribution in [-0.4, -0.2) is 56.2 Å². The molecule has 0 bridgehead atoms. The zero-order valence-corrected chi connectivity index (χ0v) is 21.5. The highest BCUT2D eigenvalue weighted by Crippen LogP contribution is 2.49. The van der Waals surface area contributed by atoms with Crippen LogP contribution in [0, 0.1) is 5.92 Å². The second kappa shape index (κ2) is 11.5. The van der Waals surface area contributed by atoms with Gasteiger partial charge >= 0.3 is 12.1 Å². The Hall–Kier alpha value is -3.47. The van der Waals surface area contributed by atoms with Gasteiger partial charge in [-0.25, -0.2) is 9.18 Å². The number of alkyl halides is 4. The molecule has 0 saturated heterocycles. The van der Waals surface area contributed by atoms with E-state index >= 15 is 0 Å². The Kier molecular flexibility index (Phi) is 8.81. The average Bonchev–Trinajstić information content (AvgIpc) is 2.88. The number of oxime groups is 1. The quantitative estimate of drug-likeness (QED) is 0.208. The fourth-order valence-electron chi connectivity index (χ4n) is 4.90. The van der Waals surface area contributed by atoms with Crippen molar-refractivity contribution in [3.05, 3.63) is 64.7 Å². The number of carbonyl (C=O) groups excluding carboxylic acids is 2. The predicted molar refractivity (Wildman–Crippen MR) is 133 cm³/mol. The highest BCUT2D eigenvalue weighted by molar-refractivity contribution is 6.09. The molecule has 1 saturated carbocycles. The number of likely N-dealkylation sites (N-methyl/N-ethyl adjacent to an activating group) is 1. The summed E-state index contributed by atoms with van der Waals surface area (Å²) >= 11 is 0. The Morgan fingerprint density at radius 2 is 1.79 bits per heavy atom. The molecule has 1 aliphatic rings. The summed E-state index contributed by atoms with van der Waals surface area (Å²) in [6, 6.07) is 8.79. The zero-order chi connectivity index (χ0) is 28.3. The van der Waals surface area contributed by atoms with Gasteiger partial charge in [-0.3, -0.25) is 4.79 Å². The maximum absolute atomic E-state index is 14.7. The van der Waals surface area contributed by atoms with Crippen molar-refractivity contribution < 1.29 is 41.8 Å². The Bertz CT molecular complexity index is 1210. The molecule has 1 fully saturated rings. The molecule has 2 aromatic carbocycles. The number of halogens is 4. The van der Waals surface area contributed by atoms with Gasteiger partial charge in [-0.05, 0) is 55.5 Å². The van der Waals surface area contributed by atoms with Crippen molar-refractivity contribution in [2.75, 3.05) is 32.8 Å². The Morgan fingerprint density at radius 1 is 1.13 bits per heavy atom.